The lowest BCUT2D eigenvalue weighted by Crippen LogP contribution is -2.40. The minimum Gasteiger partial charge on any atom is -0.462 e. The molecule has 0 radical (unpaired) electrons. The SMILES string of the molecule is [C-]#[N+]c1ccc(CC(=O)[C@@](C)(O)Cn2cc(C(=O)OCC)c3ccccc32)cc1C(F)(F)F.[C-]#[N+]c1ccc(CC(=O)[C@@](C)(O)Cn2cc(C)c3cc(F)ccc32)cc1C(F)(F)F.[C-]#[N+]c1ccc(CC(=O)[C@@](C)(O)Cn2ccc3ccc([N+](=O)[O-])cc32)cc1C.[C-]#[N+]c1ccc(CC(=O)[C@@](C)(O)Cn2ccc3ccccc32)cc1C.[C-]#[N+]c1ccc(CC(=O)[C@@](C)(O)Cn2ccc3nc(C#N)ccc32)cc1C(F)(F)F. The van der Waals surface area contributed by atoms with Gasteiger partial charge in [-0.3, -0.25) is 34.1 Å². The molecule has 5 atom stereocenters. The molecule has 0 saturated heterocycles. The number of carbonyl (C=O) groups excluding carboxylic acids is 6. The van der Waals surface area contributed by atoms with E-state index in [1.807, 2.05) is 60.2 Å². The van der Waals surface area contributed by atoms with Crippen molar-refractivity contribution < 1.29 is 108 Å². The van der Waals surface area contributed by atoms with Crippen molar-refractivity contribution in [3.05, 3.63) is 383 Å². The van der Waals surface area contributed by atoms with Gasteiger partial charge < -0.3 is 53.1 Å². The van der Waals surface area contributed by atoms with Gasteiger partial charge in [-0.05, 0) is 179 Å². The van der Waals surface area contributed by atoms with Crippen molar-refractivity contribution in [2.45, 2.75) is 174 Å². The summed E-state index contributed by atoms with van der Waals surface area (Å²) in [5.41, 5.74) is -4.25. The van der Waals surface area contributed by atoms with Crippen LogP contribution in [0.2, 0.25) is 0 Å². The van der Waals surface area contributed by atoms with Crippen LogP contribution in [-0.4, -0.2) is 128 Å². The van der Waals surface area contributed by atoms with E-state index >= 15 is 0 Å². The molecule has 748 valence electrons. The number of Topliss-reactive ketones (excluding diaryl/α,β-unsaturated/α-hetero) is 5. The van der Waals surface area contributed by atoms with Gasteiger partial charge in [0.05, 0.1) is 116 Å². The van der Waals surface area contributed by atoms with Gasteiger partial charge in [-0.2, -0.15) is 44.8 Å². The van der Waals surface area contributed by atoms with Crippen LogP contribution in [-0.2, 0) is 112 Å². The minimum absolute atomic E-state index is 0.0182. The van der Waals surface area contributed by atoms with Gasteiger partial charge >= 0.3 is 24.5 Å². The third-order valence-corrected chi connectivity index (χ3v) is 24.2. The Morgan fingerprint density at radius 3 is 1.16 bits per heavy atom. The molecule has 6 aromatic heterocycles. The Labute approximate surface area is 829 Å². The van der Waals surface area contributed by atoms with Gasteiger partial charge in [0.1, 0.15) is 45.6 Å². The number of para-hydroxylation sites is 2. The normalized spacial score (nSPS) is 13.4. The monoisotopic (exact) mass is 2000 g/mol. The summed E-state index contributed by atoms with van der Waals surface area (Å²) in [6.45, 7) is 48.6. The van der Waals surface area contributed by atoms with E-state index < -0.39 is 134 Å². The first-order valence-corrected chi connectivity index (χ1v) is 44.6. The summed E-state index contributed by atoms with van der Waals surface area (Å²) in [5.74, 6) is -3.61. The third-order valence-electron chi connectivity index (χ3n) is 24.2. The summed E-state index contributed by atoms with van der Waals surface area (Å²) in [7, 11) is 0. The van der Waals surface area contributed by atoms with Crippen molar-refractivity contribution in [1.82, 2.24) is 27.8 Å². The van der Waals surface area contributed by atoms with E-state index in [9.17, 15) is 108 Å². The number of nitro benzene ring substituents is 1. The largest absolute Gasteiger partial charge is 0.462 e. The average Bonchev–Trinajstić information content (AvgIpc) is 1.38. The van der Waals surface area contributed by atoms with Crippen molar-refractivity contribution in [2.75, 3.05) is 6.61 Å². The number of benzene rings is 9. The molecule has 15 aromatic rings. The van der Waals surface area contributed by atoms with Crippen molar-refractivity contribution in [3.8, 4) is 6.07 Å². The van der Waals surface area contributed by atoms with Crippen LogP contribution in [0.4, 0.5) is 78.0 Å². The van der Waals surface area contributed by atoms with Gasteiger partial charge in [0.15, 0.2) is 57.4 Å². The van der Waals surface area contributed by atoms with Crippen LogP contribution in [0.3, 0.4) is 0 Å². The Hall–Kier alpha value is -16.9. The fraction of sp³-hybridized carbons (Fsp3) is 0.257. The average molecular weight is 2000 g/mol. The highest BCUT2D eigenvalue weighted by Gasteiger charge is 2.41. The molecule has 5 N–H and O–H groups in total. The molecule has 0 aliphatic rings. The second-order valence-corrected chi connectivity index (χ2v) is 35.8. The van der Waals surface area contributed by atoms with Crippen LogP contribution in [0.15, 0.2) is 237 Å². The van der Waals surface area contributed by atoms with Gasteiger partial charge in [-0.25, -0.2) is 38.4 Å². The molecular weight excluding hydrogens is 1910 g/mol. The predicted octanol–water partition coefficient (Wildman–Crippen LogP) is 22.2. The van der Waals surface area contributed by atoms with E-state index in [0.29, 0.717) is 49.7 Å². The molecule has 15 rings (SSSR count). The van der Waals surface area contributed by atoms with E-state index in [1.165, 1.54) is 88.5 Å². The van der Waals surface area contributed by atoms with Crippen LogP contribution in [0.1, 0.15) is 119 Å². The molecule has 0 fully saturated rings. The molecule has 0 aliphatic carbocycles. The second-order valence-electron chi connectivity index (χ2n) is 35.8. The summed E-state index contributed by atoms with van der Waals surface area (Å²) in [5, 5.41) is 76.8. The summed E-state index contributed by atoms with van der Waals surface area (Å²) in [6.07, 6.45) is -6.97. The molecule has 0 bridgehead atoms. The molecule has 146 heavy (non-hydrogen) atoms. The molecule has 37 heteroatoms. The zero-order valence-corrected chi connectivity index (χ0v) is 79.8. The zero-order valence-electron chi connectivity index (χ0n) is 79.8. The smallest absolute Gasteiger partial charge is 0.407 e. The number of nitrogens with zero attached hydrogens (tertiary/aromatic N) is 13. The summed E-state index contributed by atoms with van der Waals surface area (Å²) >= 11 is 0. The number of alkyl halides is 9. The van der Waals surface area contributed by atoms with Crippen LogP contribution in [0.25, 0.3) is 78.9 Å². The number of ketones is 5. The first kappa shape index (κ1) is 109. The number of hydrogen-bond donors (Lipinski definition) is 5. The number of nitro groups is 1. The van der Waals surface area contributed by atoms with E-state index in [2.05, 4.69) is 29.2 Å². The Kier molecular flexibility index (Phi) is 33.5. The molecule has 27 nitrogen and oxygen atoms in total. The van der Waals surface area contributed by atoms with Gasteiger partial charge in [-0.1, -0.05) is 127 Å². The highest BCUT2D eigenvalue weighted by atomic mass is 19.4. The number of fused-ring (bicyclic) bond motifs is 5. The number of halogens is 10. The lowest BCUT2D eigenvalue weighted by molar-refractivity contribution is -0.384. The second kappa shape index (κ2) is 44.7. The van der Waals surface area contributed by atoms with E-state index in [0.717, 1.165) is 80.5 Å². The lowest BCUT2D eigenvalue weighted by Gasteiger charge is -2.23. The number of pyridine rings is 1. The quantitative estimate of drug-likeness (QED) is 0.01000. The Bertz CT molecular complexity index is 7860. The van der Waals surface area contributed by atoms with Crippen LogP contribution in [0, 0.1) is 80.9 Å². The molecule has 0 aliphatic heterocycles. The van der Waals surface area contributed by atoms with Gasteiger partial charge in [0.25, 0.3) is 5.69 Å². The molecule has 0 spiro atoms. The number of aromatic nitrogens is 6. The predicted molar refractivity (Wildman–Crippen MR) is 524 cm³/mol. The number of aliphatic hydroxyl groups is 5. The molecule has 0 saturated carbocycles. The molecule has 6 heterocycles. The maximum atomic E-state index is 13.5. The summed E-state index contributed by atoms with van der Waals surface area (Å²) in [4.78, 5) is 106. The third kappa shape index (κ3) is 26.5. The fourth-order valence-corrected chi connectivity index (χ4v) is 16.2. The van der Waals surface area contributed by atoms with E-state index in [-0.39, 0.29) is 97.4 Å². The van der Waals surface area contributed by atoms with Crippen LogP contribution in [0.5, 0.6) is 0 Å². The summed E-state index contributed by atoms with van der Waals surface area (Å²) < 4.78 is 145. The zero-order chi connectivity index (χ0) is 107. The highest BCUT2D eigenvalue weighted by Crippen LogP contribution is 2.42. The topological polar surface area (TPSA) is 339 Å². The molecule has 9 aromatic carbocycles. The number of carbonyl (C=O) groups is 6. The van der Waals surface area contributed by atoms with Crippen molar-refractivity contribution in [2.24, 2.45) is 0 Å². The lowest BCUT2D eigenvalue weighted by atomic mass is 9.94. The van der Waals surface area contributed by atoms with Gasteiger partial charge in [-0.15, -0.1) is 0 Å². The number of ether oxygens (including phenoxy) is 1. The fourth-order valence-electron chi connectivity index (χ4n) is 16.2. The maximum absolute atomic E-state index is 13.5. The number of nitriles is 1. The maximum Gasteiger partial charge on any atom is 0.407 e. The van der Waals surface area contributed by atoms with Crippen molar-refractivity contribution >= 4 is 124 Å². The number of rotatable bonds is 28. The Morgan fingerprint density at radius 2 is 0.760 bits per heavy atom. The number of aryl methyl sites for hydroxylation is 3. The van der Waals surface area contributed by atoms with Crippen LogP contribution >= 0.6 is 0 Å². The Morgan fingerprint density at radius 1 is 0.404 bits per heavy atom. The number of esters is 1. The Balaban J connectivity index is 0.000000174. The summed E-state index contributed by atoms with van der Waals surface area (Å²) in [6, 6.07) is 53.5. The highest BCUT2D eigenvalue weighted by molar-refractivity contribution is 6.05. The molecular formula is C109H93F10N13O14. The number of hydrogen-bond acceptors (Lipinski definition) is 16. The van der Waals surface area contributed by atoms with Gasteiger partial charge in [0, 0.05) is 108 Å². The van der Waals surface area contributed by atoms with Crippen LogP contribution < -0.4 is 0 Å². The van der Waals surface area contributed by atoms with Crippen molar-refractivity contribution in [3.63, 3.8) is 0 Å². The van der Waals surface area contributed by atoms with Crippen molar-refractivity contribution in [1.29, 1.82) is 5.26 Å². The van der Waals surface area contributed by atoms with E-state index in [4.69, 9.17) is 42.9 Å². The molecule has 0 unspecified atom stereocenters. The van der Waals surface area contributed by atoms with Gasteiger partial charge in [0.2, 0.25) is 0 Å². The number of non-ortho nitro benzene ring substituents is 1. The van der Waals surface area contributed by atoms with E-state index in [1.54, 1.807) is 143 Å². The minimum atomic E-state index is -4.74. The molecule has 0 amide bonds. The first-order valence-electron chi connectivity index (χ1n) is 44.6. The first-order chi connectivity index (χ1) is 68.5. The standard InChI is InChI=1S/C24H21F3N2O4.C22H18F4N2O2.C21H15F3N4O2.C21H19N3O4.C21H20N2O2/c1-4-33-22(31)17-13-29(20-8-6-5-7-16(17)20)14-23(2,32)21(30)12-15-9-10-19(28-3)18(11-15)24(25,26)27;1-13-11-28(19-7-5-15(23)10-16(13)19)12-21(2,30)20(29)9-14-4-6-18(27-3)17(8-14)22(24,25)26;1-20(30,12-28-8-7-17-18(28)6-4-14(11-25)27-17)19(29)10-13-3-5-16(26-2)15(9-13)21(22,23)24;1-14-10-15(4-7-18(14)22-3)11-20(25)21(2,26)13-23-9-8-16-5-6-17(24(27)28)12-19(16)23;1-15-12-16(8-9-18(15)22-3)13-20(24)21(2,25)14-23-11-10-17-6-4-5-7-19(17)23/h5-11,13,32H,4,12,14H2,1-2H3;4-8,10-11,30H,9,12H2,1-2H3;3-9,30H,10,12H2,1H3;4-10,12,26H,11,13H2,1-2H3;4-12,25H,13-14H2,1-2H3/t23-;21-;20-;2*21-/m00000/s1.